The number of ether oxygens (including phenoxy) is 1. The van der Waals surface area contributed by atoms with Crippen molar-refractivity contribution in [3.63, 3.8) is 0 Å². The van der Waals surface area contributed by atoms with Crippen molar-refractivity contribution in [3.05, 3.63) is 23.9 Å². The molecule has 1 aromatic rings. The number of aliphatic hydroxyl groups is 1. The highest BCUT2D eigenvalue weighted by atomic mass is 16.5. The average molecular weight is 361 g/mol. The monoisotopic (exact) mass is 361 g/mol. The van der Waals surface area contributed by atoms with E-state index in [-0.39, 0.29) is 17.8 Å². The van der Waals surface area contributed by atoms with Crippen LogP contribution in [0.4, 0.5) is 5.82 Å². The fourth-order valence-corrected chi connectivity index (χ4v) is 4.18. The lowest BCUT2D eigenvalue weighted by Crippen LogP contribution is -2.49. The summed E-state index contributed by atoms with van der Waals surface area (Å²) in [6.45, 7) is 7.77. The van der Waals surface area contributed by atoms with Crippen LogP contribution in [-0.2, 0) is 9.53 Å². The van der Waals surface area contributed by atoms with Gasteiger partial charge in [-0.25, -0.2) is 4.98 Å². The molecular weight excluding hydrogens is 330 g/mol. The van der Waals surface area contributed by atoms with E-state index in [0.29, 0.717) is 6.61 Å². The molecule has 3 heterocycles. The van der Waals surface area contributed by atoms with E-state index < -0.39 is 6.23 Å². The lowest BCUT2D eigenvalue weighted by atomic mass is 9.91. The zero-order valence-electron chi connectivity index (χ0n) is 15.9. The van der Waals surface area contributed by atoms with Crippen LogP contribution >= 0.6 is 0 Å². The smallest absolute Gasteiger partial charge is 0.309 e. The molecular formula is C20H31N3O3. The van der Waals surface area contributed by atoms with Gasteiger partial charge in [0.2, 0.25) is 0 Å². The number of hydrogen-bond donors (Lipinski definition) is 1. The van der Waals surface area contributed by atoms with Gasteiger partial charge >= 0.3 is 5.97 Å². The second kappa shape index (κ2) is 8.82. The van der Waals surface area contributed by atoms with Gasteiger partial charge in [-0.2, -0.15) is 0 Å². The van der Waals surface area contributed by atoms with Crippen molar-refractivity contribution in [2.75, 3.05) is 37.7 Å². The Hall–Kier alpha value is -1.66. The number of pyridine rings is 1. The van der Waals surface area contributed by atoms with Crippen LogP contribution in [0.1, 0.15) is 38.2 Å². The predicted octanol–water partition coefficient (Wildman–Crippen LogP) is 2.20. The molecule has 2 aliphatic heterocycles. The third kappa shape index (κ3) is 4.35. The largest absolute Gasteiger partial charge is 0.466 e. The van der Waals surface area contributed by atoms with Crippen LogP contribution in [0.15, 0.2) is 18.3 Å². The van der Waals surface area contributed by atoms with Crippen LogP contribution in [0.2, 0.25) is 0 Å². The number of esters is 1. The summed E-state index contributed by atoms with van der Waals surface area (Å²) >= 11 is 0. The maximum absolute atomic E-state index is 11.9. The highest BCUT2D eigenvalue weighted by Crippen LogP contribution is 2.29. The fourth-order valence-electron chi connectivity index (χ4n) is 4.18. The lowest BCUT2D eigenvalue weighted by Gasteiger charge is -2.41. The van der Waals surface area contributed by atoms with Gasteiger partial charge in [-0.15, -0.1) is 0 Å². The van der Waals surface area contributed by atoms with Gasteiger partial charge in [0, 0.05) is 38.3 Å². The molecule has 0 bridgehead atoms. The molecule has 3 rings (SSSR count). The van der Waals surface area contributed by atoms with E-state index >= 15 is 0 Å². The summed E-state index contributed by atoms with van der Waals surface area (Å²) in [5.74, 6) is 1.26. The molecule has 1 N–H and O–H groups in total. The normalized spacial score (nSPS) is 21.6. The van der Waals surface area contributed by atoms with E-state index in [2.05, 4.69) is 27.8 Å². The van der Waals surface area contributed by atoms with Crippen LogP contribution in [0.25, 0.3) is 0 Å². The van der Waals surface area contributed by atoms with Crippen molar-refractivity contribution in [1.82, 2.24) is 9.88 Å². The van der Waals surface area contributed by atoms with Gasteiger partial charge in [-0.05, 0) is 51.2 Å². The molecule has 6 heteroatoms. The quantitative estimate of drug-likeness (QED) is 0.811. The van der Waals surface area contributed by atoms with E-state index in [0.717, 1.165) is 57.7 Å². The Labute approximate surface area is 156 Å². The maximum atomic E-state index is 11.9. The van der Waals surface area contributed by atoms with Crippen molar-refractivity contribution >= 4 is 11.8 Å². The van der Waals surface area contributed by atoms with Crippen LogP contribution in [0.5, 0.6) is 0 Å². The Morgan fingerprint density at radius 3 is 2.58 bits per heavy atom. The number of likely N-dealkylation sites (tertiary alicyclic amines) is 1. The molecule has 2 aliphatic rings. The molecule has 0 radical (unpaired) electrons. The number of nitrogens with zero attached hydrogens (tertiary/aromatic N) is 3. The van der Waals surface area contributed by atoms with Gasteiger partial charge in [-0.1, -0.05) is 6.07 Å². The van der Waals surface area contributed by atoms with Crippen LogP contribution in [0, 0.1) is 18.8 Å². The highest BCUT2D eigenvalue weighted by Gasteiger charge is 2.34. The highest BCUT2D eigenvalue weighted by molar-refractivity contribution is 5.72. The molecule has 6 nitrogen and oxygen atoms in total. The van der Waals surface area contributed by atoms with Gasteiger partial charge in [0.05, 0.1) is 12.5 Å². The van der Waals surface area contributed by atoms with E-state index in [9.17, 15) is 9.90 Å². The summed E-state index contributed by atoms with van der Waals surface area (Å²) in [4.78, 5) is 20.8. The fraction of sp³-hybridized carbons (Fsp3) is 0.700. The molecule has 0 aliphatic carbocycles. The first-order valence-corrected chi connectivity index (χ1v) is 9.85. The number of aromatic nitrogens is 1. The molecule has 0 amide bonds. The first kappa shape index (κ1) is 19.1. The number of carbonyl (C=O) groups excluding carboxylic acids is 1. The Balaban J connectivity index is 1.48. The number of aliphatic hydroxyl groups excluding tert-OH is 1. The third-order valence-electron chi connectivity index (χ3n) is 5.77. The average Bonchev–Trinajstić information content (AvgIpc) is 2.68. The number of carbonyl (C=O) groups is 1. The molecule has 1 aromatic heterocycles. The maximum Gasteiger partial charge on any atom is 0.309 e. The molecule has 2 saturated heterocycles. The van der Waals surface area contributed by atoms with Gasteiger partial charge in [0.25, 0.3) is 0 Å². The Bertz CT molecular complexity index is 594. The number of rotatable bonds is 5. The summed E-state index contributed by atoms with van der Waals surface area (Å²) in [7, 11) is 0. The zero-order chi connectivity index (χ0) is 18.5. The third-order valence-corrected chi connectivity index (χ3v) is 5.77. The number of aryl methyl sites for hydroxylation is 1. The van der Waals surface area contributed by atoms with E-state index in [1.165, 1.54) is 5.56 Å². The molecule has 26 heavy (non-hydrogen) atoms. The van der Waals surface area contributed by atoms with Gasteiger partial charge in [0.1, 0.15) is 12.0 Å². The minimum atomic E-state index is -0.412. The molecule has 0 aromatic carbocycles. The first-order valence-electron chi connectivity index (χ1n) is 9.85. The van der Waals surface area contributed by atoms with Crippen molar-refractivity contribution in [1.29, 1.82) is 0 Å². The molecule has 0 saturated carbocycles. The van der Waals surface area contributed by atoms with Crippen molar-refractivity contribution in [2.45, 2.75) is 45.8 Å². The summed E-state index contributed by atoms with van der Waals surface area (Å²) in [5.41, 5.74) is 1.20. The van der Waals surface area contributed by atoms with Crippen molar-refractivity contribution in [3.8, 4) is 0 Å². The molecule has 1 unspecified atom stereocenters. The van der Waals surface area contributed by atoms with Crippen LogP contribution in [-0.4, -0.2) is 60.0 Å². The second-order valence-electron chi connectivity index (χ2n) is 7.44. The van der Waals surface area contributed by atoms with E-state index in [1.807, 2.05) is 19.2 Å². The number of piperidine rings is 2. The summed E-state index contributed by atoms with van der Waals surface area (Å²) in [6, 6.07) is 4.06. The Morgan fingerprint density at radius 1 is 1.27 bits per heavy atom. The number of anilines is 1. The van der Waals surface area contributed by atoms with Crippen LogP contribution < -0.4 is 4.90 Å². The summed E-state index contributed by atoms with van der Waals surface area (Å²) < 4.78 is 5.13. The van der Waals surface area contributed by atoms with Crippen molar-refractivity contribution in [2.24, 2.45) is 11.8 Å². The van der Waals surface area contributed by atoms with Gasteiger partial charge in [0.15, 0.2) is 0 Å². The molecule has 0 spiro atoms. The first-order chi connectivity index (χ1) is 12.6. The summed E-state index contributed by atoms with van der Waals surface area (Å²) in [5, 5.41) is 10.8. The lowest BCUT2D eigenvalue weighted by molar-refractivity contribution is -0.151. The minimum Gasteiger partial charge on any atom is -0.466 e. The topological polar surface area (TPSA) is 65.9 Å². The zero-order valence-corrected chi connectivity index (χ0v) is 15.9. The minimum absolute atomic E-state index is 0.00706. The standard InChI is InChI=1S/C20H31N3O3/c1-3-26-20(25)17-8-13-23(14-9-17)19(24)16-6-11-22(12-7-16)18-15(2)5-4-10-21-18/h4-5,10,16-17,19,24H,3,6-9,11-14H2,1-2H3. The van der Waals surface area contributed by atoms with Crippen molar-refractivity contribution < 1.29 is 14.6 Å². The predicted molar refractivity (Wildman–Crippen MR) is 101 cm³/mol. The summed E-state index contributed by atoms with van der Waals surface area (Å²) in [6.07, 6.45) is 4.93. The van der Waals surface area contributed by atoms with Gasteiger partial charge in [-0.3, -0.25) is 9.69 Å². The molecule has 2 fully saturated rings. The SMILES string of the molecule is CCOC(=O)C1CCN(C(O)C2CCN(c3ncccc3C)CC2)CC1. The Morgan fingerprint density at radius 2 is 1.96 bits per heavy atom. The number of hydrogen-bond acceptors (Lipinski definition) is 6. The van der Waals surface area contributed by atoms with E-state index in [1.54, 1.807) is 0 Å². The Kier molecular flexibility index (Phi) is 6.48. The van der Waals surface area contributed by atoms with Gasteiger partial charge < -0.3 is 14.7 Å². The molecule has 1 atom stereocenters. The van der Waals surface area contributed by atoms with E-state index in [4.69, 9.17) is 4.74 Å². The molecule has 144 valence electrons. The van der Waals surface area contributed by atoms with Crippen LogP contribution in [0.3, 0.4) is 0 Å². The second-order valence-corrected chi connectivity index (χ2v) is 7.44.